The van der Waals surface area contributed by atoms with Crippen LogP contribution in [0.4, 0.5) is 0 Å². The molecule has 0 unspecified atom stereocenters. The lowest BCUT2D eigenvalue weighted by Crippen LogP contribution is -2.03. The summed E-state index contributed by atoms with van der Waals surface area (Å²) < 4.78 is 1.86. The van der Waals surface area contributed by atoms with Crippen LogP contribution in [0.1, 0.15) is 30.2 Å². The number of fused-ring (bicyclic) bond motifs is 1. The van der Waals surface area contributed by atoms with E-state index in [1.54, 1.807) is 12.3 Å². The van der Waals surface area contributed by atoms with Crippen molar-refractivity contribution < 1.29 is 9.90 Å². The van der Waals surface area contributed by atoms with Gasteiger partial charge in [-0.1, -0.05) is 30.3 Å². The Kier molecular flexibility index (Phi) is 3.22. The molecule has 0 radical (unpaired) electrons. The average Bonchev–Trinajstić information content (AvgIpc) is 2.90. The topological polar surface area (TPSA) is 55.1 Å². The van der Waals surface area contributed by atoms with Gasteiger partial charge in [-0.25, -0.2) is 4.79 Å². The van der Waals surface area contributed by atoms with Crippen LogP contribution in [0.3, 0.4) is 0 Å². The quantitative estimate of drug-likeness (QED) is 0.789. The van der Waals surface area contributed by atoms with Gasteiger partial charge in [-0.15, -0.1) is 0 Å². The van der Waals surface area contributed by atoms with Gasteiger partial charge in [0.25, 0.3) is 0 Å². The number of benzene rings is 2. The minimum atomic E-state index is -0.930. The molecular weight excluding hydrogens is 264 g/mol. The second-order valence-electron chi connectivity index (χ2n) is 5.31. The first-order chi connectivity index (χ1) is 10.1. The first kappa shape index (κ1) is 13.4. The van der Waals surface area contributed by atoms with E-state index in [-0.39, 0.29) is 6.04 Å². The standard InChI is InChI=1S/C17H16N2O2/c1-11(2)19-16-9-13(12-6-4-3-5-7-12)8-14(17(20)21)15(16)10-18-19/h3-11H,1-2H3,(H,20,21). The van der Waals surface area contributed by atoms with Gasteiger partial charge < -0.3 is 5.11 Å². The molecule has 1 aromatic heterocycles. The number of rotatable bonds is 3. The molecule has 3 rings (SSSR count). The summed E-state index contributed by atoms with van der Waals surface area (Å²) in [5.74, 6) is -0.930. The van der Waals surface area contributed by atoms with Crippen molar-refractivity contribution in [3.63, 3.8) is 0 Å². The van der Waals surface area contributed by atoms with Gasteiger partial charge in [-0.05, 0) is 37.1 Å². The summed E-state index contributed by atoms with van der Waals surface area (Å²) in [6, 6.07) is 13.7. The fourth-order valence-corrected chi connectivity index (χ4v) is 2.53. The molecule has 4 heteroatoms. The lowest BCUT2D eigenvalue weighted by molar-refractivity contribution is 0.0699. The number of carboxylic acid groups (broad SMARTS) is 1. The van der Waals surface area contributed by atoms with Crippen molar-refractivity contribution in [3.05, 3.63) is 54.2 Å². The molecule has 0 fully saturated rings. The molecule has 0 aliphatic carbocycles. The van der Waals surface area contributed by atoms with Crippen molar-refractivity contribution in [2.75, 3.05) is 0 Å². The molecule has 1 N–H and O–H groups in total. The third-order valence-corrected chi connectivity index (χ3v) is 3.54. The molecule has 0 saturated heterocycles. The molecule has 3 aromatic rings. The highest BCUT2D eigenvalue weighted by molar-refractivity contribution is 6.04. The van der Waals surface area contributed by atoms with E-state index in [2.05, 4.69) is 5.10 Å². The molecule has 1 heterocycles. The van der Waals surface area contributed by atoms with E-state index in [0.29, 0.717) is 10.9 Å². The molecule has 0 saturated carbocycles. The molecule has 0 bridgehead atoms. The monoisotopic (exact) mass is 280 g/mol. The van der Waals surface area contributed by atoms with Gasteiger partial charge in [0, 0.05) is 11.4 Å². The summed E-state index contributed by atoms with van der Waals surface area (Å²) in [6.07, 6.45) is 1.63. The number of carbonyl (C=O) groups is 1. The third kappa shape index (κ3) is 2.29. The van der Waals surface area contributed by atoms with Crippen LogP contribution in [0.5, 0.6) is 0 Å². The molecule has 2 aromatic carbocycles. The molecular formula is C17H16N2O2. The fourth-order valence-electron chi connectivity index (χ4n) is 2.53. The smallest absolute Gasteiger partial charge is 0.336 e. The molecule has 0 aliphatic rings. The van der Waals surface area contributed by atoms with Crippen LogP contribution in [0, 0.1) is 0 Å². The van der Waals surface area contributed by atoms with Crippen LogP contribution in [0.15, 0.2) is 48.7 Å². The minimum Gasteiger partial charge on any atom is -0.478 e. The second kappa shape index (κ2) is 5.05. The summed E-state index contributed by atoms with van der Waals surface area (Å²) in [5, 5.41) is 14.5. The third-order valence-electron chi connectivity index (χ3n) is 3.54. The van der Waals surface area contributed by atoms with Crippen molar-refractivity contribution in [1.29, 1.82) is 0 Å². The van der Waals surface area contributed by atoms with Gasteiger partial charge in [0.1, 0.15) is 0 Å². The van der Waals surface area contributed by atoms with Gasteiger partial charge in [0.15, 0.2) is 0 Å². The fraction of sp³-hybridized carbons (Fsp3) is 0.176. The van der Waals surface area contributed by atoms with Gasteiger partial charge >= 0.3 is 5.97 Å². The summed E-state index contributed by atoms with van der Waals surface area (Å²) >= 11 is 0. The maximum atomic E-state index is 11.5. The summed E-state index contributed by atoms with van der Waals surface area (Å²) in [6.45, 7) is 4.06. The van der Waals surface area contributed by atoms with Crippen molar-refractivity contribution in [3.8, 4) is 11.1 Å². The summed E-state index contributed by atoms with van der Waals surface area (Å²) in [7, 11) is 0. The maximum Gasteiger partial charge on any atom is 0.336 e. The van der Waals surface area contributed by atoms with E-state index in [1.807, 2.05) is 54.9 Å². The number of carboxylic acids is 1. The normalized spacial score (nSPS) is 11.2. The zero-order valence-corrected chi connectivity index (χ0v) is 11.9. The Morgan fingerprint density at radius 3 is 2.48 bits per heavy atom. The predicted molar refractivity (Wildman–Crippen MR) is 82.5 cm³/mol. The van der Waals surface area contributed by atoms with Crippen LogP contribution < -0.4 is 0 Å². The Hall–Kier alpha value is -2.62. The largest absolute Gasteiger partial charge is 0.478 e. The Morgan fingerprint density at radius 2 is 1.86 bits per heavy atom. The number of aromatic nitrogens is 2. The molecule has 0 aliphatic heterocycles. The highest BCUT2D eigenvalue weighted by atomic mass is 16.4. The van der Waals surface area contributed by atoms with Crippen molar-refractivity contribution >= 4 is 16.9 Å². The van der Waals surface area contributed by atoms with Crippen LogP contribution in [0.25, 0.3) is 22.0 Å². The lowest BCUT2D eigenvalue weighted by atomic mass is 10.00. The van der Waals surface area contributed by atoms with E-state index in [9.17, 15) is 9.90 Å². The average molecular weight is 280 g/mol. The first-order valence-corrected chi connectivity index (χ1v) is 6.88. The van der Waals surface area contributed by atoms with Crippen molar-refractivity contribution in [2.45, 2.75) is 19.9 Å². The van der Waals surface area contributed by atoms with Crippen molar-refractivity contribution in [1.82, 2.24) is 9.78 Å². The molecule has 0 spiro atoms. The van der Waals surface area contributed by atoms with E-state index in [0.717, 1.165) is 16.6 Å². The highest BCUT2D eigenvalue weighted by Crippen LogP contribution is 2.29. The van der Waals surface area contributed by atoms with Crippen LogP contribution in [-0.4, -0.2) is 20.9 Å². The molecule has 106 valence electrons. The maximum absolute atomic E-state index is 11.5. The van der Waals surface area contributed by atoms with Gasteiger partial charge in [-0.2, -0.15) is 5.10 Å². The van der Waals surface area contributed by atoms with Crippen LogP contribution >= 0.6 is 0 Å². The molecule has 4 nitrogen and oxygen atoms in total. The predicted octanol–water partition coefficient (Wildman–Crippen LogP) is 3.98. The molecule has 0 atom stereocenters. The molecule has 0 amide bonds. The zero-order chi connectivity index (χ0) is 15.0. The van der Waals surface area contributed by atoms with E-state index in [4.69, 9.17) is 0 Å². The van der Waals surface area contributed by atoms with Crippen LogP contribution in [-0.2, 0) is 0 Å². The summed E-state index contributed by atoms with van der Waals surface area (Å²) in [4.78, 5) is 11.5. The van der Waals surface area contributed by atoms with Gasteiger partial charge in [0.2, 0.25) is 0 Å². The second-order valence-corrected chi connectivity index (χ2v) is 5.31. The van der Waals surface area contributed by atoms with Crippen LogP contribution in [0.2, 0.25) is 0 Å². The number of nitrogens with zero attached hydrogens (tertiary/aromatic N) is 2. The Morgan fingerprint density at radius 1 is 1.14 bits per heavy atom. The van der Waals surface area contributed by atoms with Crippen molar-refractivity contribution in [2.24, 2.45) is 0 Å². The Labute approximate surface area is 122 Å². The Bertz CT molecular complexity index is 804. The van der Waals surface area contributed by atoms with Gasteiger partial charge in [0.05, 0.1) is 17.3 Å². The number of aromatic carboxylic acids is 1. The Balaban J connectivity index is 2.32. The van der Waals surface area contributed by atoms with E-state index >= 15 is 0 Å². The van der Waals surface area contributed by atoms with E-state index in [1.165, 1.54) is 0 Å². The first-order valence-electron chi connectivity index (χ1n) is 6.88. The van der Waals surface area contributed by atoms with E-state index < -0.39 is 5.97 Å². The number of hydrogen-bond acceptors (Lipinski definition) is 2. The number of hydrogen-bond donors (Lipinski definition) is 1. The summed E-state index contributed by atoms with van der Waals surface area (Å²) in [5.41, 5.74) is 3.03. The zero-order valence-electron chi connectivity index (χ0n) is 11.9. The lowest BCUT2D eigenvalue weighted by Gasteiger charge is -2.10. The minimum absolute atomic E-state index is 0.176. The highest BCUT2D eigenvalue weighted by Gasteiger charge is 2.16. The molecule has 21 heavy (non-hydrogen) atoms. The SMILES string of the molecule is CC(C)n1ncc2c(C(=O)O)cc(-c3ccccc3)cc21. The van der Waals surface area contributed by atoms with Gasteiger partial charge in [-0.3, -0.25) is 4.68 Å².